The van der Waals surface area contributed by atoms with E-state index in [-0.39, 0.29) is 10.6 Å². The summed E-state index contributed by atoms with van der Waals surface area (Å²) >= 11 is 0. The van der Waals surface area contributed by atoms with Gasteiger partial charge < -0.3 is 5.32 Å². The molecule has 0 amide bonds. The van der Waals surface area contributed by atoms with Gasteiger partial charge in [-0.25, -0.2) is 0 Å². The Kier molecular flexibility index (Phi) is 3.96. The Morgan fingerprint density at radius 1 is 1.44 bits per heavy atom. The molecule has 2 heterocycles. The van der Waals surface area contributed by atoms with Crippen molar-refractivity contribution in [2.75, 3.05) is 13.1 Å². The molecule has 0 radical (unpaired) electrons. The average molecular weight is 252 g/mol. The molecule has 2 rings (SSSR count). The van der Waals surface area contributed by atoms with Gasteiger partial charge in [-0.3, -0.25) is 14.8 Å². The maximum absolute atomic E-state index is 10.9. The quantitative estimate of drug-likeness (QED) is 0.655. The minimum atomic E-state index is -0.335. The number of aryl methyl sites for hydroxylation is 2. The lowest BCUT2D eigenvalue weighted by Crippen LogP contribution is -2.28. The largest absolute Gasteiger partial charge is 0.317 e. The second kappa shape index (κ2) is 5.48. The second-order valence-corrected chi connectivity index (χ2v) is 4.98. The first kappa shape index (κ1) is 13.0. The van der Waals surface area contributed by atoms with E-state index >= 15 is 0 Å². The van der Waals surface area contributed by atoms with E-state index in [0.717, 1.165) is 26.1 Å². The van der Waals surface area contributed by atoms with Crippen LogP contribution >= 0.6 is 0 Å². The number of nitrogens with one attached hydrogen (secondary N) is 1. The zero-order chi connectivity index (χ0) is 13.1. The first-order valence-corrected chi connectivity index (χ1v) is 6.48. The van der Waals surface area contributed by atoms with Crippen molar-refractivity contribution in [3.63, 3.8) is 0 Å². The number of rotatable bonds is 4. The van der Waals surface area contributed by atoms with Crippen LogP contribution < -0.4 is 5.32 Å². The fourth-order valence-corrected chi connectivity index (χ4v) is 2.64. The van der Waals surface area contributed by atoms with Crippen LogP contribution in [-0.2, 0) is 6.54 Å². The fourth-order valence-electron chi connectivity index (χ4n) is 2.64. The smallest absolute Gasteiger partial charge is 0.312 e. The van der Waals surface area contributed by atoms with E-state index in [1.807, 2.05) is 0 Å². The van der Waals surface area contributed by atoms with E-state index in [2.05, 4.69) is 10.4 Å². The lowest BCUT2D eigenvalue weighted by molar-refractivity contribution is -0.386. The van der Waals surface area contributed by atoms with Gasteiger partial charge in [-0.15, -0.1) is 0 Å². The lowest BCUT2D eigenvalue weighted by Gasteiger charge is -2.22. The molecule has 0 spiro atoms. The Morgan fingerprint density at radius 3 is 2.67 bits per heavy atom. The third-order valence-electron chi connectivity index (χ3n) is 3.73. The third-order valence-corrected chi connectivity index (χ3v) is 3.73. The van der Waals surface area contributed by atoms with Crippen LogP contribution in [0.25, 0.3) is 0 Å². The van der Waals surface area contributed by atoms with Crippen LogP contribution in [0, 0.1) is 29.9 Å². The van der Waals surface area contributed by atoms with Gasteiger partial charge in [0.2, 0.25) is 0 Å². The molecular formula is C12H20N4O2. The Hall–Kier alpha value is -1.43. The zero-order valence-corrected chi connectivity index (χ0v) is 11.0. The molecule has 1 saturated heterocycles. The van der Waals surface area contributed by atoms with Gasteiger partial charge in [-0.05, 0) is 52.1 Å². The number of hydrogen-bond acceptors (Lipinski definition) is 4. The maximum Gasteiger partial charge on any atom is 0.312 e. The van der Waals surface area contributed by atoms with Gasteiger partial charge in [0.15, 0.2) is 0 Å². The van der Waals surface area contributed by atoms with Crippen molar-refractivity contribution in [1.82, 2.24) is 15.1 Å². The summed E-state index contributed by atoms with van der Waals surface area (Å²) < 4.78 is 1.79. The van der Waals surface area contributed by atoms with Crippen molar-refractivity contribution in [1.29, 1.82) is 0 Å². The summed E-state index contributed by atoms with van der Waals surface area (Å²) in [6.07, 6.45) is 3.45. The molecule has 0 saturated carbocycles. The van der Waals surface area contributed by atoms with Gasteiger partial charge in [0, 0.05) is 6.54 Å². The summed E-state index contributed by atoms with van der Waals surface area (Å²) in [5.41, 5.74) is 1.36. The average Bonchev–Trinajstić information content (AvgIpc) is 2.63. The van der Waals surface area contributed by atoms with Crippen LogP contribution in [0.15, 0.2) is 0 Å². The van der Waals surface area contributed by atoms with E-state index in [1.54, 1.807) is 18.5 Å². The molecule has 1 N–H and O–H groups in total. The predicted molar refractivity (Wildman–Crippen MR) is 68.6 cm³/mol. The van der Waals surface area contributed by atoms with Crippen LogP contribution in [0.3, 0.4) is 0 Å². The molecule has 100 valence electrons. The standard InChI is InChI=1S/C12H20N4O2/c1-9-12(16(17)18)10(2)15(14-9)8-5-11-3-6-13-7-4-11/h11,13H,3-8H2,1-2H3. The van der Waals surface area contributed by atoms with Crippen molar-refractivity contribution < 1.29 is 4.92 Å². The number of hydrogen-bond donors (Lipinski definition) is 1. The maximum atomic E-state index is 10.9. The monoisotopic (exact) mass is 252 g/mol. The van der Waals surface area contributed by atoms with Crippen molar-refractivity contribution in [2.24, 2.45) is 5.92 Å². The fraction of sp³-hybridized carbons (Fsp3) is 0.750. The molecule has 0 bridgehead atoms. The van der Waals surface area contributed by atoms with E-state index in [4.69, 9.17) is 0 Å². The highest BCUT2D eigenvalue weighted by Crippen LogP contribution is 2.23. The van der Waals surface area contributed by atoms with Gasteiger partial charge in [0.1, 0.15) is 11.4 Å². The molecule has 0 aliphatic carbocycles. The zero-order valence-electron chi connectivity index (χ0n) is 11.0. The van der Waals surface area contributed by atoms with E-state index < -0.39 is 0 Å². The third kappa shape index (κ3) is 2.69. The Balaban J connectivity index is 2.01. The van der Waals surface area contributed by atoms with Gasteiger partial charge in [-0.1, -0.05) is 0 Å². The normalized spacial score (nSPS) is 17.0. The minimum Gasteiger partial charge on any atom is -0.317 e. The number of nitrogens with zero attached hydrogens (tertiary/aromatic N) is 3. The van der Waals surface area contributed by atoms with Crippen molar-refractivity contribution in [2.45, 2.75) is 39.7 Å². The Morgan fingerprint density at radius 2 is 2.11 bits per heavy atom. The first-order valence-electron chi connectivity index (χ1n) is 6.48. The SMILES string of the molecule is Cc1nn(CCC2CCNCC2)c(C)c1[N+](=O)[O-]. The predicted octanol–water partition coefficient (Wildman–Crippen LogP) is 1.80. The first-order chi connectivity index (χ1) is 8.59. The highest BCUT2D eigenvalue weighted by Gasteiger charge is 2.22. The van der Waals surface area contributed by atoms with E-state index in [1.165, 1.54) is 12.8 Å². The van der Waals surface area contributed by atoms with Gasteiger partial charge >= 0.3 is 5.69 Å². The Bertz CT molecular complexity index is 436. The van der Waals surface area contributed by atoms with Gasteiger partial charge in [0.25, 0.3) is 0 Å². The van der Waals surface area contributed by atoms with E-state index in [9.17, 15) is 10.1 Å². The van der Waals surface area contributed by atoms with Crippen molar-refractivity contribution in [3.8, 4) is 0 Å². The summed E-state index contributed by atoms with van der Waals surface area (Å²) in [7, 11) is 0. The number of nitro groups is 1. The molecule has 6 nitrogen and oxygen atoms in total. The topological polar surface area (TPSA) is 73.0 Å². The van der Waals surface area contributed by atoms with Gasteiger partial charge in [0.05, 0.1) is 4.92 Å². The molecule has 1 aromatic rings. The summed E-state index contributed by atoms with van der Waals surface area (Å²) in [4.78, 5) is 10.6. The number of aromatic nitrogens is 2. The van der Waals surface area contributed by atoms with Crippen LogP contribution in [-0.4, -0.2) is 27.8 Å². The molecule has 6 heteroatoms. The highest BCUT2D eigenvalue weighted by molar-refractivity contribution is 5.39. The summed E-state index contributed by atoms with van der Waals surface area (Å²) in [6, 6.07) is 0. The number of piperidine rings is 1. The summed E-state index contributed by atoms with van der Waals surface area (Å²) in [5, 5.41) is 18.5. The van der Waals surface area contributed by atoms with E-state index in [0.29, 0.717) is 17.3 Å². The Labute approximate surface area is 107 Å². The summed E-state index contributed by atoms with van der Waals surface area (Å²) in [5.74, 6) is 0.717. The van der Waals surface area contributed by atoms with Crippen LogP contribution in [0.5, 0.6) is 0 Å². The molecule has 0 unspecified atom stereocenters. The molecular weight excluding hydrogens is 232 g/mol. The van der Waals surface area contributed by atoms with Crippen LogP contribution in [0.2, 0.25) is 0 Å². The molecule has 1 aliphatic heterocycles. The molecule has 18 heavy (non-hydrogen) atoms. The van der Waals surface area contributed by atoms with Crippen molar-refractivity contribution >= 4 is 5.69 Å². The van der Waals surface area contributed by atoms with Crippen molar-refractivity contribution in [3.05, 3.63) is 21.5 Å². The van der Waals surface area contributed by atoms with Gasteiger partial charge in [-0.2, -0.15) is 5.10 Å². The second-order valence-electron chi connectivity index (χ2n) is 4.98. The molecule has 1 aromatic heterocycles. The molecule has 1 fully saturated rings. The molecule has 1 aliphatic rings. The molecule has 0 atom stereocenters. The van der Waals surface area contributed by atoms with Crippen LogP contribution in [0.1, 0.15) is 30.7 Å². The minimum absolute atomic E-state index is 0.167. The lowest BCUT2D eigenvalue weighted by atomic mass is 9.95. The molecule has 0 aromatic carbocycles. The highest BCUT2D eigenvalue weighted by atomic mass is 16.6. The van der Waals surface area contributed by atoms with Crippen LogP contribution in [0.4, 0.5) is 5.69 Å². The summed E-state index contributed by atoms with van der Waals surface area (Å²) in [6.45, 7) is 6.43.